The van der Waals surface area contributed by atoms with E-state index in [0.717, 1.165) is 42.0 Å². The number of benzene rings is 2. The second-order valence-electron chi connectivity index (χ2n) is 6.00. The highest BCUT2D eigenvalue weighted by molar-refractivity contribution is 5.63. The Morgan fingerprint density at radius 3 is 2.54 bits per heavy atom. The van der Waals surface area contributed by atoms with Crippen molar-refractivity contribution in [3.8, 4) is 17.3 Å². The van der Waals surface area contributed by atoms with Gasteiger partial charge >= 0.3 is 6.01 Å². The molecule has 3 rings (SSSR count). The van der Waals surface area contributed by atoms with Crippen LogP contribution in [0.4, 0.5) is 5.82 Å². The standard InChI is InChI=1S/C21H23N3O2/c1-26-21-23-19(18-11-5-9-17(13-18)15-25)14-20(24-21)22-12-6-10-16-7-3-2-4-8-16/h2-5,7-9,11,13-14,25H,6,10,12,15H2,1H3,(H,22,23,24). The summed E-state index contributed by atoms with van der Waals surface area (Å²) < 4.78 is 5.24. The molecule has 0 saturated carbocycles. The van der Waals surface area contributed by atoms with Crippen molar-refractivity contribution >= 4 is 5.82 Å². The summed E-state index contributed by atoms with van der Waals surface area (Å²) in [6, 6.07) is 20.3. The van der Waals surface area contributed by atoms with Gasteiger partial charge in [-0.1, -0.05) is 48.5 Å². The number of aliphatic hydroxyl groups excluding tert-OH is 1. The van der Waals surface area contributed by atoms with E-state index < -0.39 is 0 Å². The Kier molecular flexibility index (Phi) is 6.17. The molecular weight excluding hydrogens is 326 g/mol. The largest absolute Gasteiger partial charge is 0.467 e. The van der Waals surface area contributed by atoms with Crippen molar-refractivity contribution in [2.45, 2.75) is 19.4 Å². The van der Waals surface area contributed by atoms with E-state index in [4.69, 9.17) is 4.74 Å². The highest BCUT2D eigenvalue weighted by atomic mass is 16.5. The fourth-order valence-electron chi connectivity index (χ4n) is 2.74. The maximum atomic E-state index is 9.33. The zero-order valence-electron chi connectivity index (χ0n) is 14.9. The summed E-state index contributed by atoms with van der Waals surface area (Å²) in [4.78, 5) is 8.79. The summed E-state index contributed by atoms with van der Waals surface area (Å²) in [6.45, 7) is 0.811. The Balaban J connectivity index is 1.69. The molecule has 3 aromatic rings. The second kappa shape index (κ2) is 8.97. The van der Waals surface area contributed by atoms with E-state index >= 15 is 0 Å². The molecule has 0 radical (unpaired) electrons. The number of aliphatic hydroxyl groups is 1. The van der Waals surface area contributed by atoms with Crippen molar-refractivity contribution in [2.24, 2.45) is 0 Å². The summed E-state index contributed by atoms with van der Waals surface area (Å²) in [5.41, 5.74) is 3.86. The lowest BCUT2D eigenvalue weighted by molar-refractivity contribution is 0.282. The van der Waals surface area contributed by atoms with Gasteiger partial charge in [-0.2, -0.15) is 9.97 Å². The number of hydrogen-bond acceptors (Lipinski definition) is 5. The third-order valence-electron chi connectivity index (χ3n) is 4.08. The van der Waals surface area contributed by atoms with Crippen molar-refractivity contribution in [1.82, 2.24) is 9.97 Å². The van der Waals surface area contributed by atoms with Crippen molar-refractivity contribution in [2.75, 3.05) is 19.0 Å². The highest BCUT2D eigenvalue weighted by Gasteiger charge is 2.08. The summed E-state index contributed by atoms with van der Waals surface area (Å²) >= 11 is 0. The van der Waals surface area contributed by atoms with Crippen LogP contribution in [0.2, 0.25) is 0 Å². The lowest BCUT2D eigenvalue weighted by Gasteiger charge is -2.10. The molecule has 5 heteroatoms. The molecule has 0 spiro atoms. The smallest absolute Gasteiger partial charge is 0.318 e. The Morgan fingerprint density at radius 2 is 1.77 bits per heavy atom. The van der Waals surface area contributed by atoms with Gasteiger partial charge in [-0.25, -0.2) is 0 Å². The molecule has 0 bridgehead atoms. The molecule has 0 atom stereocenters. The number of anilines is 1. The molecule has 0 saturated heterocycles. The first-order valence-electron chi connectivity index (χ1n) is 8.69. The minimum atomic E-state index is 0.000646. The predicted octanol–water partition coefficient (Wildman–Crippen LogP) is 3.69. The fourth-order valence-corrected chi connectivity index (χ4v) is 2.74. The van der Waals surface area contributed by atoms with E-state index in [9.17, 15) is 5.11 Å². The van der Waals surface area contributed by atoms with E-state index in [1.165, 1.54) is 5.56 Å². The number of nitrogens with one attached hydrogen (secondary N) is 1. The SMILES string of the molecule is COc1nc(NCCCc2ccccc2)cc(-c2cccc(CO)c2)n1. The van der Waals surface area contributed by atoms with Crippen molar-refractivity contribution < 1.29 is 9.84 Å². The molecular formula is C21H23N3O2. The Bertz CT molecular complexity index is 838. The third-order valence-corrected chi connectivity index (χ3v) is 4.08. The van der Waals surface area contributed by atoms with Gasteiger partial charge in [-0.15, -0.1) is 0 Å². The average molecular weight is 349 g/mol. The van der Waals surface area contributed by atoms with Crippen LogP contribution in [-0.2, 0) is 13.0 Å². The summed E-state index contributed by atoms with van der Waals surface area (Å²) in [5, 5.41) is 12.7. The van der Waals surface area contributed by atoms with Crippen molar-refractivity contribution in [3.05, 3.63) is 71.8 Å². The lowest BCUT2D eigenvalue weighted by atomic mass is 10.1. The topological polar surface area (TPSA) is 67.3 Å². The summed E-state index contributed by atoms with van der Waals surface area (Å²) in [6.07, 6.45) is 2.02. The Labute approximate surface area is 153 Å². The van der Waals surface area contributed by atoms with E-state index in [1.807, 2.05) is 36.4 Å². The summed E-state index contributed by atoms with van der Waals surface area (Å²) in [5.74, 6) is 0.731. The van der Waals surface area contributed by atoms with Crippen LogP contribution in [0.1, 0.15) is 17.5 Å². The summed E-state index contributed by atoms with van der Waals surface area (Å²) in [7, 11) is 1.56. The van der Waals surface area contributed by atoms with E-state index in [1.54, 1.807) is 7.11 Å². The maximum absolute atomic E-state index is 9.33. The van der Waals surface area contributed by atoms with Crippen LogP contribution in [0.25, 0.3) is 11.3 Å². The molecule has 0 aliphatic heterocycles. The molecule has 0 fully saturated rings. The number of nitrogens with zero attached hydrogens (tertiary/aromatic N) is 2. The molecule has 5 nitrogen and oxygen atoms in total. The molecule has 26 heavy (non-hydrogen) atoms. The van der Waals surface area contributed by atoms with Crippen LogP contribution in [0.15, 0.2) is 60.7 Å². The predicted molar refractivity (Wildman–Crippen MR) is 103 cm³/mol. The van der Waals surface area contributed by atoms with Gasteiger partial charge in [0, 0.05) is 18.2 Å². The van der Waals surface area contributed by atoms with Crippen LogP contribution in [0.5, 0.6) is 6.01 Å². The van der Waals surface area contributed by atoms with Crippen molar-refractivity contribution in [3.63, 3.8) is 0 Å². The van der Waals surface area contributed by atoms with Gasteiger partial charge in [0.05, 0.1) is 19.4 Å². The lowest BCUT2D eigenvalue weighted by Crippen LogP contribution is -2.06. The molecule has 0 aliphatic rings. The van der Waals surface area contributed by atoms with Gasteiger partial charge in [0.25, 0.3) is 0 Å². The normalized spacial score (nSPS) is 10.5. The van der Waals surface area contributed by atoms with Crippen LogP contribution >= 0.6 is 0 Å². The monoisotopic (exact) mass is 349 g/mol. The van der Waals surface area contributed by atoms with Crippen molar-refractivity contribution in [1.29, 1.82) is 0 Å². The zero-order chi connectivity index (χ0) is 18.2. The van der Waals surface area contributed by atoms with E-state index in [0.29, 0.717) is 6.01 Å². The quantitative estimate of drug-likeness (QED) is 0.607. The number of aromatic nitrogens is 2. The Morgan fingerprint density at radius 1 is 0.962 bits per heavy atom. The first-order valence-corrected chi connectivity index (χ1v) is 8.69. The maximum Gasteiger partial charge on any atom is 0.318 e. The van der Waals surface area contributed by atoms with E-state index in [2.05, 4.69) is 39.6 Å². The molecule has 2 N–H and O–H groups in total. The number of methoxy groups -OCH3 is 1. The minimum absolute atomic E-state index is 0.000646. The van der Waals surface area contributed by atoms with Gasteiger partial charge < -0.3 is 15.2 Å². The highest BCUT2D eigenvalue weighted by Crippen LogP contribution is 2.23. The second-order valence-corrected chi connectivity index (χ2v) is 6.00. The van der Waals surface area contributed by atoms with Crippen LogP contribution in [0.3, 0.4) is 0 Å². The molecule has 1 aromatic heterocycles. The van der Waals surface area contributed by atoms with Crippen LogP contribution < -0.4 is 10.1 Å². The minimum Gasteiger partial charge on any atom is -0.467 e. The first kappa shape index (κ1) is 17.9. The first-order chi connectivity index (χ1) is 12.8. The number of hydrogen-bond donors (Lipinski definition) is 2. The van der Waals surface area contributed by atoms with Gasteiger partial charge in [-0.05, 0) is 30.0 Å². The zero-order valence-corrected chi connectivity index (χ0v) is 14.9. The number of ether oxygens (including phenoxy) is 1. The molecule has 134 valence electrons. The van der Waals surface area contributed by atoms with Gasteiger partial charge in [0.1, 0.15) is 5.82 Å². The van der Waals surface area contributed by atoms with Gasteiger partial charge in [0.15, 0.2) is 0 Å². The van der Waals surface area contributed by atoms with Crippen LogP contribution in [-0.4, -0.2) is 28.7 Å². The molecule has 0 amide bonds. The van der Waals surface area contributed by atoms with Gasteiger partial charge in [0.2, 0.25) is 0 Å². The van der Waals surface area contributed by atoms with Gasteiger partial charge in [-0.3, -0.25) is 0 Å². The molecule has 2 aromatic carbocycles. The Hall–Kier alpha value is -2.92. The number of aryl methyl sites for hydroxylation is 1. The van der Waals surface area contributed by atoms with Crippen LogP contribution in [0, 0.1) is 0 Å². The molecule has 0 unspecified atom stereocenters. The van der Waals surface area contributed by atoms with E-state index in [-0.39, 0.29) is 6.61 Å². The molecule has 1 heterocycles. The molecule has 0 aliphatic carbocycles. The number of rotatable bonds is 8. The fraction of sp³-hybridized carbons (Fsp3) is 0.238. The third kappa shape index (κ3) is 4.80. The average Bonchev–Trinajstić information content (AvgIpc) is 2.71.